The van der Waals surface area contributed by atoms with E-state index in [4.69, 9.17) is 98.7 Å². The second-order valence-electron chi connectivity index (χ2n) is 19.7. The van der Waals surface area contributed by atoms with Crippen molar-refractivity contribution in [2.45, 2.75) is 172 Å². The zero-order valence-corrected chi connectivity index (χ0v) is 40.2. The maximum absolute atomic E-state index is 12.9. The van der Waals surface area contributed by atoms with Gasteiger partial charge in [0.15, 0.2) is 23.1 Å². The minimum Gasteiger partial charge on any atom is -0.458 e. The molecule has 0 amide bonds. The Kier molecular flexibility index (Phi) is 21.5. The molecule has 0 spiro atoms. The van der Waals surface area contributed by atoms with Crippen molar-refractivity contribution in [2.75, 3.05) is 99.1 Å². The Hall–Kier alpha value is -1.29. The summed E-state index contributed by atoms with van der Waals surface area (Å²) < 4.78 is 96.8. The highest BCUT2D eigenvalue weighted by atomic mass is 16.7. The topological polar surface area (TPSA) is 269 Å². The number of rotatable bonds is 21. The van der Waals surface area contributed by atoms with E-state index < -0.39 is 102 Å². The lowest BCUT2D eigenvalue weighted by Gasteiger charge is -2.30. The summed E-state index contributed by atoms with van der Waals surface area (Å²) in [4.78, 5) is 12.9. The van der Waals surface area contributed by atoms with Gasteiger partial charge in [0.05, 0.1) is 141 Å². The summed E-state index contributed by atoms with van der Waals surface area (Å²) in [5, 5.41) is 0. The molecule has 4 aliphatic rings. The van der Waals surface area contributed by atoms with Gasteiger partial charge in [-0.2, -0.15) is 0 Å². The Bertz CT molecular complexity index is 1210. The molecule has 8 N–H and O–H groups in total. The van der Waals surface area contributed by atoms with Crippen LogP contribution in [0, 0.1) is 0 Å². The number of carbonyl (C=O) groups excluding carboxylic acids is 1. The number of nitrogens with two attached hydrogens (primary N) is 4. The molecule has 8 atom stereocenters. The molecule has 0 aromatic carbocycles. The first-order chi connectivity index (χ1) is 29.8. The summed E-state index contributed by atoms with van der Waals surface area (Å²) >= 11 is 0. The smallest absolute Gasteiger partial charge is 0.332 e. The standard InChI is InChI=1S/C43H82N4O17/c1-39(2,3)64-38(48)26-51-27(12-49-28(14-52-34-22-60-40(4,5)56-18-30(34)44)15-53-35-23-61-41(6,7)57-19-31(35)45)13-50-29(16-54-36-24-62-42(8,9)58-20-32(36)46)17-55-37-25-63-43(10,11)59-21-33(37)47/h27-37H,12-26,44-47H2,1-11H3. The molecule has 0 radical (unpaired) electrons. The molecule has 0 aromatic rings. The molecule has 64 heavy (non-hydrogen) atoms. The van der Waals surface area contributed by atoms with Crippen molar-refractivity contribution < 1.29 is 80.6 Å². The van der Waals surface area contributed by atoms with Crippen molar-refractivity contribution in [1.29, 1.82) is 0 Å². The molecule has 0 bridgehead atoms. The Balaban J connectivity index is 1.50. The van der Waals surface area contributed by atoms with Crippen LogP contribution in [0.4, 0.5) is 0 Å². The first kappa shape index (κ1) is 55.3. The Morgan fingerprint density at radius 2 is 0.703 bits per heavy atom. The van der Waals surface area contributed by atoms with Crippen LogP contribution in [-0.2, 0) is 80.6 Å². The van der Waals surface area contributed by atoms with Crippen molar-refractivity contribution >= 4 is 5.97 Å². The van der Waals surface area contributed by atoms with Crippen LogP contribution in [0.2, 0.25) is 0 Å². The lowest BCUT2D eigenvalue weighted by molar-refractivity contribution is -0.208. The third-order valence-electron chi connectivity index (χ3n) is 10.7. The first-order valence-corrected chi connectivity index (χ1v) is 22.5. The van der Waals surface area contributed by atoms with Gasteiger partial charge in [-0.1, -0.05) is 0 Å². The van der Waals surface area contributed by atoms with Gasteiger partial charge in [0, 0.05) is 0 Å². The van der Waals surface area contributed by atoms with E-state index >= 15 is 0 Å². The fourth-order valence-electron chi connectivity index (χ4n) is 6.50. The highest BCUT2D eigenvalue weighted by Gasteiger charge is 2.36. The van der Waals surface area contributed by atoms with Crippen molar-refractivity contribution in [3.05, 3.63) is 0 Å². The third kappa shape index (κ3) is 20.5. The summed E-state index contributed by atoms with van der Waals surface area (Å²) in [7, 11) is 0. The monoisotopic (exact) mass is 927 g/mol. The Morgan fingerprint density at radius 3 is 0.969 bits per heavy atom. The van der Waals surface area contributed by atoms with Gasteiger partial charge in [-0.3, -0.25) is 0 Å². The summed E-state index contributed by atoms with van der Waals surface area (Å²) in [6.07, 6.45) is -4.23. The second kappa shape index (κ2) is 24.8. The van der Waals surface area contributed by atoms with Gasteiger partial charge in [0.2, 0.25) is 0 Å². The average Bonchev–Trinajstić information content (AvgIpc) is 3.56. The lowest BCUT2D eigenvalue weighted by atomic mass is 10.2. The Morgan fingerprint density at radius 1 is 0.453 bits per heavy atom. The van der Waals surface area contributed by atoms with Crippen LogP contribution in [-0.4, -0.2) is 201 Å². The molecule has 8 unspecified atom stereocenters. The van der Waals surface area contributed by atoms with Gasteiger partial charge in [-0.25, -0.2) is 4.79 Å². The van der Waals surface area contributed by atoms with Gasteiger partial charge in [-0.05, 0) is 76.2 Å². The van der Waals surface area contributed by atoms with E-state index in [2.05, 4.69) is 0 Å². The fourth-order valence-corrected chi connectivity index (χ4v) is 6.50. The maximum Gasteiger partial charge on any atom is 0.332 e. The fraction of sp³-hybridized carbons (Fsp3) is 0.977. The summed E-state index contributed by atoms with van der Waals surface area (Å²) in [5.74, 6) is -3.87. The third-order valence-corrected chi connectivity index (χ3v) is 10.7. The summed E-state index contributed by atoms with van der Waals surface area (Å²) in [5.41, 5.74) is 25.1. The molecule has 4 heterocycles. The van der Waals surface area contributed by atoms with Crippen LogP contribution >= 0.6 is 0 Å². The summed E-state index contributed by atoms with van der Waals surface area (Å²) in [6.45, 7) is 21.3. The highest BCUT2D eigenvalue weighted by molar-refractivity contribution is 5.71. The van der Waals surface area contributed by atoms with E-state index in [1.165, 1.54) is 0 Å². The first-order valence-electron chi connectivity index (χ1n) is 22.5. The van der Waals surface area contributed by atoms with E-state index in [1.807, 2.05) is 55.4 Å². The van der Waals surface area contributed by atoms with Gasteiger partial charge >= 0.3 is 5.97 Å². The number of esters is 1. The molecule has 0 saturated carbocycles. The molecule has 0 aliphatic carbocycles. The molecular formula is C43H82N4O17. The van der Waals surface area contributed by atoms with Crippen molar-refractivity contribution in [1.82, 2.24) is 0 Å². The summed E-state index contributed by atoms with van der Waals surface area (Å²) in [6, 6.07) is -1.88. The van der Waals surface area contributed by atoms with Crippen molar-refractivity contribution in [3.63, 3.8) is 0 Å². The minimum atomic E-state index is -0.825. The Labute approximate surface area is 379 Å². The molecule has 4 rings (SSSR count). The van der Waals surface area contributed by atoms with Gasteiger partial charge in [0.25, 0.3) is 0 Å². The molecule has 4 aliphatic heterocycles. The van der Waals surface area contributed by atoms with E-state index in [1.54, 1.807) is 20.8 Å². The van der Waals surface area contributed by atoms with Crippen LogP contribution in [0.5, 0.6) is 0 Å². The van der Waals surface area contributed by atoms with E-state index in [9.17, 15) is 4.79 Å². The van der Waals surface area contributed by atoms with Crippen molar-refractivity contribution in [2.24, 2.45) is 22.9 Å². The molecule has 21 heteroatoms. The molecular weight excluding hydrogens is 844 g/mol. The average molecular weight is 927 g/mol. The largest absolute Gasteiger partial charge is 0.458 e. The quantitative estimate of drug-likeness (QED) is 0.114. The zero-order chi connectivity index (χ0) is 47.3. The highest BCUT2D eigenvalue weighted by Crippen LogP contribution is 2.23. The minimum absolute atomic E-state index is 0.0470. The molecule has 4 saturated heterocycles. The van der Waals surface area contributed by atoms with Crippen LogP contribution in [0.1, 0.15) is 76.2 Å². The molecule has 376 valence electrons. The lowest BCUT2D eigenvalue weighted by Crippen LogP contribution is -2.46. The predicted octanol–water partition coefficient (Wildman–Crippen LogP) is 0.465. The number of carbonyl (C=O) groups is 1. The second-order valence-corrected chi connectivity index (χ2v) is 19.7. The van der Waals surface area contributed by atoms with Crippen LogP contribution in [0.25, 0.3) is 0 Å². The normalized spacial score (nSPS) is 32.5. The zero-order valence-electron chi connectivity index (χ0n) is 40.2. The maximum atomic E-state index is 12.9. The number of hydrogen-bond acceptors (Lipinski definition) is 21. The SMILES string of the molecule is CC(C)(C)OC(=O)COC(COC(COC1COC(C)(C)OCC1N)COC1COC(C)(C)OCC1N)COC(COC1COC(C)(C)OCC1N)COC1COC(C)(C)OCC1N. The predicted molar refractivity (Wildman–Crippen MR) is 230 cm³/mol. The van der Waals surface area contributed by atoms with Gasteiger partial charge < -0.3 is 98.7 Å². The van der Waals surface area contributed by atoms with Crippen LogP contribution < -0.4 is 22.9 Å². The van der Waals surface area contributed by atoms with E-state index in [0.29, 0.717) is 0 Å². The number of ether oxygens (including phenoxy) is 16. The molecule has 4 fully saturated rings. The van der Waals surface area contributed by atoms with Gasteiger partial charge in [0.1, 0.15) is 30.5 Å². The van der Waals surface area contributed by atoms with Crippen LogP contribution in [0.3, 0.4) is 0 Å². The molecule has 0 aromatic heterocycles. The van der Waals surface area contributed by atoms with Gasteiger partial charge in [-0.15, -0.1) is 0 Å². The van der Waals surface area contributed by atoms with Crippen molar-refractivity contribution in [3.8, 4) is 0 Å². The number of hydrogen-bond donors (Lipinski definition) is 4. The van der Waals surface area contributed by atoms with Crippen LogP contribution in [0.15, 0.2) is 0 Å². The molecule has 21 nitrogen and oxygen atoms in total. The van der Waals surface area contributed by atoms with E-state index in [-0.39, 0.29) is 99.1 Å². The van der Waals surface area contributed by atoms with E-state index in [0.717, 1.165) is 0 Å².